The Balaban J connectivity index is 1.89. The summed E-state index contributed by atoms with van der Waals surface area (Å²) >= 11 is 0. The zero-order chi connectivity index (χ0) is 14.1. The quantitative estimate of drug-likeness (QED) is 0.742. The Kier molecular flexibility index (Phi) is 3.14. The molecule has 3 N–H and O–H groups in total. The molecule has 104 valence electrons. The van der Waals surface area contributed by atoms with Crippen LogP contribution in [0.25, 0.3) is 0 Å². The molecular formula is C14H16N4O2. The van der Waals surface area contributed by atoms with E-state index in [1.54, 1.807) is 11.0 Å². The van der Waals surface area contributed by atoms with E-state index < -0.39 is 0 Å². The van der Waals surface area contributed by atoms with Crippen molar-refractivity contribution in [1.29, 1.82) is 0 Å². The number of anilines is 2. The van der Waals surface area contributed by atoms with Gasteiger partial charge in [-0.25, -0.2) is 5.43 Å². The van der Waals surface area contributed by atoms with Gasteiger partial charge >= 0.3 is 0 Å². The van der Waals surface area contributed by atoms with Gasteiger partial charge in [0, 0.05) is 30.8 Å². The van der Waals surface area contributed by atoms with Gasteiger partial charge in [-0.3, -0.25) is 9.59 Å². The van der Waals surface area contributed by atoms with Crippen molar-refractivity contribution < 1.29 is 9.59 Å². The molecule has 0 saturated heterocycles. The molecule has 20 heavy (non-hydrogen) atoms. The number of nitrogens with zero attached hydrogens (tertiary/aromatic N) is 2. The number of hydrogen-bond acceptors (Lipinski definition) is 4. The smallest absolute Gasteiger partial charge is 0.274 e. The summed E-state index contributed by atoms with van der Waals surface area (Å²) < 4.78 is 0. The fourth-order valence-corrected chi connectivity index (χ4v) is 2.61. The van der Waals surface area contributed by atoms with Gasteiger partial charge in [-0.1, -0.05) is 0 Å². The van der Waals surface area contributed by atoms with E-state index in [1.807, 2.05) is 12.1 Å². The predicted octanol–water partition coefficient (Wildman–Crippen LogP) is 0.814. The number of rotatable bonds is 1. The number of hydrogen-bond donors (Lipinski definition) is 2. The van der Waals surface area contributed by atoms with Crippen LogP contribution in [-0.2, 0) is 16.0 Å². The van der Waals surface area contributed by atoms with Crippen LogP contribution in [0.1, 0.15) is 24.8 Å². The van der Waals surface area contributed by atoms with Crippen molar-refractivity contribution in [2.75, 3.05) is 17.2 Å². The molecule has 1 aromatic rings. The lowest BCUT2D eigenvalue weighted by atomic mass is 10.00. The highest BCUT2D eigenvalue weighted by Gasteiger charge is 2.27. The molecule has 6 nitrogen and oxygen atoms in total. The molecule has 0 atom stereocenters. The molecule has 1 aromatic carbocycles. The van der Waals surface area contributed by atoms with Crippen LogP contribution < -0.4 is 16.1 Å². The Morgan fingerprint density at radius 2 is 2.15 bits per heavy atom. The molecule has 2 aliphatic rings. The summed E-state index contributed by atoms with van der Waals surface area (Å²) in [5.41, 5.74) is 11.3. The molecule has 0 radical (unpaired) electrons. The monoisotopic (exact) mass is 272 g/mol. The van der Waals surface area contributed by atoms with Crippen LogP contribution in [0.2, 0.25) is 0 Å². The summed E-state index contributed by atoms with van der Waals surface area (Å²) in [6, 6.07) is 5.60. The number of aryl methyl sites for hydroxylation is 1. The van der Waals surface area contributed by atoms with E-state index in [2.05, 4.69) is 10.5 Å². The third-order valence-electron chi connectivity index (χ3n) is 3.62. The predicted molar refractivity (Wildman–Crippen MR) is 76.3 cm³/mol. The number of nitrogens with one attached hydrogen (secondary N) is 1. The minimum Gasteiger partial charge on any atom is -0.399 e. The lowest BCUT2D eigenvalue weighted by molar-refractivity contribution is -0.121. The molecule has 0 aromatic heterocycles. The topological polar surface area (TPSA) is 87.8 Å². The SMILES string of the molecule is Nc1ccc2c(c1)CCCN2C(=O)C1=NNC(=O)CC1. The van der Waals surface area contributed by atoms with E-state index in [9.17, 15) is 9.59 Å². The van der Waals surface area contributed by atoms with E-state index >= 15 is 0 Å². The summed E-state index contributed by atoms with van der Waals surface area (Å²) in [4.78, 5) is 25.3. The average molecular weight is 272 g/mol. The first-order valence-corrected chi connectivity index (χ1v) is 6.71. The van der Waals surface area contributed by atoms with E-state index in [-0.39, 0.29) is 11.8 Å². The van der Waals surface area contributed by atoms with Crippen LogP contribution in [0.3, 0.4) is 0 Å². The second-order valence-electron chi connectivity index (χ2n) is 5.04. The van der Waals surface area contributed by atoms with Crippen LogP contribution in [0, 0.1) is 0 Å². The molecule has 0 bridgehead atoms. The van der Waals surface area contributed by atoms with Crippen LogP contribution >= 0.6 is 0 Å². The number of nitrogen functional groups attached to an aromatic ring is 1. The van der Waals surface area contributed by atoms with Gasteiger partial charge in [-0.05, 0) is 36.6 Å². The molecule has 3 rings (SSSR count). The van der Waals surface area contributed by atoms with Crippen molar-refractivity contribution in [2.24, 2.45) is 5.10 Å². The van der Waals surface area contributed by atoms with Crippen molar-refractivity contribution in [3.63, 3.8) is 0 Å². The average Bonchev–Trinajstić information content (AvgIpc) is 2.46. The second kappa shape index (κ2) is 4.96. The molecular weight excluding hydrogens is 256 g/mol. The first kappa shape index (κ1) is 12.7. The summed E-state index contributed by atoms with van der Waals surface area (Å²) in [6.07, 6.45) is 2.54. The number of carbonyl (C=O) groups is 2. The molecule has 2 amide bonds. The fourth-order valence-electron chi connectivity index (χ4n) is 2.61. The summed E-state index contributed by atoms with van der Waals surface area (Å²) in [5, 5.41) is 3.88. The zero-order valence-corrected chi connectivity index (χ0v) is 11.1. The largest absolute Gasteiger partial charge is 0.399 e. The molecule has 0 spiro atoms. The van der Waals surface area contributed by atoms with Crippen LogP contribution in [0.5, 0.6) is 0 Å². The van der Waals surface area contributed by atoms with Crippen molar-refractivity contribution in [3.8, 4) is 0 Å². The third kappa shape index (κ3) is 2.24. The molecule has 6 heteroatoms. The minimum atomic E-state index is -0.145. The minimum absolute atomic E-state index is 0.129. The van der Waals surface area contributed by atoms with Gasteiger partial charge < -0.3 is 10.6 Å². The zero-order valence-electron chi connectivity index (χ0n) is 11.1. The summed E-state index contributed by atoms with van der Waals surface area (Å²) in [5.74, 6) is -0.274. The molecule has 0 aliphatic carbocycles. The van der Waals surface area contributed by atoms with Crippen molar-refractivity contribution in [1.82, 2.24) is 5.43 Å². The highest BCUT2D eigenvalue weighted by atomic mass is 16.2. The fraction of sp³-hybridized carbons (Fsp3) is 0.357. The van der Waals surface area contributed by atoms with Crippen molar-refractivity contribution in [3.05, 3.63) is 23.8 Å². The number of benzene rings is 1. The van der Waals surface area contributed by atoms with Gasteiger partial charge in [0.05, 0.1) is 0 Å². The molecule has 0 saturated carbocycles. The Morgan fingerprint density at radius 1 is 1.30 bits per heavy atom. The van der Waals surface area contributed by atoms with Crippen molar-refractivity contribution in [2.45, 2.75) is 25.7 Å². The first-order chi connectivity index (χ1) is 9.65. The maximum Gasteiger partial charge on any atom is 0.274 e. The maximum atomic E-state index is 12.5. The van der Waals surface area contributed by atoms with Gasteiger partial charge in [0.25, 0.3) is 5.91 Å². The van der Waals surface area contributed by atoms with Crippen molar-refractivity contribution >= 4 is 28.9 Å². The van der Waals surface area contributed by atoms with E-state index in [0.29, 0.717) is 30.8 Å². The normalized spacial score (nSPS) is 18.1. The number of carbonyl (C=O) groups excluding carboxylic acids is 2. The lowest BCUT2D eigenvalue weighted by Gasteiger charge is -2.30. The van der Waals surface area contributed by atoms with E-state index in [0.717, 1.165) is 24.1 Å². The van der Waals surface area contributed by atoms with Crippen LogP contribution in [-0.4, -0.2) is 24.1 Å². The highest BCUT2D eigenvalue weighted by Crippen LogP contribution is 2.29. The van der Waals surface area contributed by atoms with Gasteiger partial charge in [0.1, 0.15) is 5.71 Å². The molecule has 0 fully saturated rings. The van der Waals surface area contributed by atoms with Gasteiger partial charge in [0.15, 0.2) is 0 Å². The standard InChI is InChI=1S/C14H16N4O2/c15-10-3-5-12-9(8-10)2-1-7-18(12)14(20)11-4-6-13(19)17-16-11/h3,5,8H,1-2,4,6-7,15H2,(H,17,19). The number of amides is 2. The lowest BCUT2D eigenvalue weighted by Crippen LogP contribution is -2.42. The molecule has 2 aliphatic heterocycles. The summed E-state index contributed by atoms with van der Waals surface area (Å²) in [7, 11) is 0. The van der Waals surface area contributed by atoms with Crippen LogP contribution in [0.4, 0.5) is 11.4 Å². The number of nitrogens with two attached hydrogens (primary N) is 1. The number of hydrazone groups is 1. The third-order valence-corrected chi connectivity index (χ3v) is 3.62. The van der Waals surface area contributed by atoms with Gasteiger partial charge in [-0.2, -0.15) is 5.10 Å². The Bertz CT molecular complexity index is 609. The highest BCUT2D eigenvalue weighted by molar-refractivity contribution is 6.44. The van der Waals surface area contributed by atoms with E-state index in [1.165, 1.54) is 0 Å². The Labute approximate surface area is 116 Å². The van der Waals surface area contributed by atoms with Gasteiger partial charge in [0.2, 0.25) is 5.91 Å². The Morgan fingerprint density at radius 3 is 2.90 bits per heavy atom. The van der Waals surface area contributed by atoms with E-state index in [4.69, 9.17) is 5.73 Å². The first-order valence-electron chi connectivity index (χ1n) is 6.71. The van der Waals surface area contributed by atoms with Gasteiger partial charge in [-0.15, -0.1) is 0 Å². The summed E-state index contributed by atoms with van der Waals surface area (Å²) in [6.45, 7) is 0.669. The molecule has 0 unspecified atom stereocenters. The van der Waals surface area contributed by atoms with Crippen LogP contribution in [0.15, 0.2) is 23.3 Å². The number of fused-ring (bicyclic) bond motifs is 1. The Hall–Kier alpha value is -2.37. The second-order valence-corrected chi connectivity index (χ2v) is 5.04. The maximum absolute atomic E-state index is 12.5. The molecule has 2 heterocycles.